The van der Waals surface area contributed by atoms with E-state index in [1.165, 1.54) is 18.5 Å². The first kappa shape index (κ1) is 11.5. The first-order chi connectivity index (χ1) is 7.72. The Morgan fingerprint density at radius 2 is 2.19 bits per heavy atom. The van der Waals surface area contributed by atoms with Crippen LogP contribution in [0.1, 0.15) is 38.4 Å². The smallest absolute Gasteiger partial charge is 0.0781 e. The summed E-state index contributed by atoms with van der Waals surface area (Å²) in [5.74, 6) is 0.821. The first-order valence-electron chi connectivity index (χ1n) is 6.24. The standard InChI is InChI=1S/C14H21NO/c1-3-12-8-9-15(10-12)14-7-5-4-6-13(14)11(2)16/h4-7,11-12,16H,3,8-10H2,1-2H3/t11-,12?/m0/s1. The van der Waals surface area contributed by atoms with Crippen LogP contribution in [0.5, 0.6) is 0 Å². The zero-order chi connectivity index (χ0) is 11.5. The minimum Gasteiger partial charge on any atom is -0.389 e. The monoisotopic (exact) mass is 219 g/mol. The van der Waals surface area contributed by atoms with Crippen molar-refractivity contribution in [2.45, 2.75) is 32.8 Å². The summed E-state index contributed by atoms with van der Waals surface area (Å²) in [7, 11) is 0. The number of nitrogens with zero attached hydrogens (tertiary/aromatic N) is 1. The van der Waals surface area contributed by atoms with Crippen LogP contribution < -0.4 is 4.90 Å². The van der Waals surface area contributed by atoms with Crippen LogP contribution in [-0.4, -0.2) is 18.2 Å². The molecule has 2 heteroatoms. The van der Waals surface area contributed by atoms with Gasteiger partial charge in [0.1, 0.15) is 0 Å². The maximum Gasteiger partial charge on any atom is 0.0781 e. The number of anilines is 1. The molecule has 16 heavy (non-hydrogen) atoms. The van der Waals surface area contributed by atoms with Gasteiger partial charge in [-0.15, -0.1) is 0 Å². The molecule has 0 radical (unpaired) electrons. The van der Waals surface area contributed by atoms with Crippen molar-refractivity contribution in [3.63, 3.8) is 0 Å². The summed E-state index contributed by atoms with van der Waals surface area (Å²) in [5.41, 5.74) is 2.27. The summed E-state index contributed by atoms with van der Waals surface area (Å²) in [6, 6.07) is 8.21. The Balaban J connectivity index is 2.20. The average molecular weight is 219 g/mol. The molecule has 1 aromatic rings. The van der Waals surface area contributed by atoms with Crippen molar-refractivity contribution in [3.8, 4) is 0 Å². The van der Waals surface area contributed by atoms with E-state index >= 15 is 0 Å². The molecule has 1 heterocycles. The van der Waals surface area contributed by atoms with Crippen molar-refractivity contribution in [1.29, 1.82) is 0 Å². The van der Waals surface area contributed by atoms with Gasteiger partial charge in [0.05, 0.1) is 6.10 Å². The van der Waals surface area contributed by atoms with E-state index in [4.69, 9.17) is 0 Å². The van der Waals surface area contributed by atoms with E-state index < -0.39 is 0 Å². The van der Waals surface area contributed by atoms with E-state index in [-0.39, 0.29) is 6.10 Å². The first-order valence-corrected chi connectivity index (χ1v) is 6.24. The van der Waals surface area contributed by atoms with Gasteiger partial charge in [-0.3, -0.25) is 0 Å². The number of hydrogen-bond acceptors (Lipinski definition) is 2. The van der Waals surface area contributed by atoms with Crippen molar-refractivity contribution >= 4 is 5.69 Å². The van der Waals surface area contributed by atoms with E-state index in [1.54, 1.807) is 0 Å². The van der Waals surface area contributed by atoms with Gasteiger partial charge >= 0.3 is 0 Å². The van der Waals surface area contributed by atoms with Crippen LogP contribution in [-0.2, 0) is 0 Å². The highest BCUT2D eigenvalue weighted by molar-refractivity contribution is 5.55. The molecule has 1 unspecified atom stereocenters. The Bertz CT molecular complexity index is 348. The molecule has 0 amide bonds. The molecule has 2 rings (SSSR count). The van der Waals surface area contributed by atoms with Crippen LogP contribution in [0.15, 0.2) is 24.3 Å². The Morgan fingerprint density at radius 3 is 2.81 bits per heavy atom. The number of hydrogen-bond donors (Lipinski definition) is 1. The van der Waals surface area contributed by atoms with E-state index in [1.807, 2.05) is 19.1 Å². The van der Waals surface area contributed by atoms with Gasteiger partial charge in [-0.25, -0.2) is 0 Å². The second kappa shape index (κ2) is 4.88. The SMILES string of the molecule is CCC1CCN(c2ccccc2[C@H](C)O)C1. The largest absolute Gasteiger partial charge is 0.389 e. The third-order valence-corrected chi connectivity index (χ3v) is 3.59. The van der Waals surface area contributed by atoms with E-state index in [9.17, 15) is 5.11 Å². The number of aliphatic hydroxyl groups is 1. The molecule has 0 bridgehead atoms. The number of aliphatic hydroxyl groups excluding tert-OH is 1. The Labute approximate surface area is 97.9 Å². The molecule has 1 aliphatic heterocycles. The lowest BCUT2D eigenvalue weighted by Crippen LogP contribution is -2.21. The molecule has 0 saturated carbocycles. The summed E-state index contributed by atoms with van der Waals surface area (Å²) in [6.45, 7) is 6.36. The lowest BCUT2D eigenvalue weighted by Gasteiger charge is -2.23. The highest BCUT2D eigenvalue weighted by atomic mass is 16.3. The van der Waals surface area contributed by atoms with Gasteiger partial charge in [0.25, 0.3) is 0 Å². The molecule has 1 N–H and O–H groups in total. The summed E-state index contributed by atoms with van der Waals surface area (Å²) < 4.78 is 0. The quantitative estimate of drug-likeness (QED) is 0.844. The van der Waals surface area contributed by atoms with Crippen molar-refractivity contribution in [2.24, 2.45) is 5.92 Å². The molecular weight excluding hydrogens is 198 g/mol. The number of para-hydroxylation sites is 1. The van der Waals surface area contributed by atoms with Crippen LogP contribution in [0, 0.1) is 5.92 Å². The van der Waals surface area contributed by atoms with Crippen LogP contribution in [0.2, 0.25) is 0 Å². The van der Waals surface area contributed by atoms with Crippen molar-refractivity contribution in [2.75, 3.05) is 18.0 Å². The third-order valence-electron chi connectivity index (χ3n) is 3.59. The summed E-state index contributed by atoms with van der Waals surface area (Å²) in [4.78, 5) is 2.41. The molecule has 0 aliphatic carbocycles. The van der Waals surface area contributed by atoms with Crippen molar-refractivity contribution in [3.05, 3.63) is 29.8 Å². The van der Waals surface area contributed by atoms with Crippen LogP contribution >= 0.6 is 0 Å². The molecule has 88 valence electrons. The number of benzene rings is 1. The van der Waals surface area contributed by atoms with Gasteiger partial charge in [0.2, 0.25) is 0 Å². The normalized spacial score (nSPS) is 22.4. The molecule has 2 atom stereocenters. The molecule has 0 aromatic heterocycles. The molecule has 1 aliphatic rings. The fourth-order valence-corrected chi connectivity index (χ4v) is 2.51. The van der Waals surface area contributed by atoms with Gasteiger partial charge in [-0.2, -0.15) is 0 Å². The molecule has 2 nitrogen and oxygen atoms in total. The minimum absolute atomic E-state index is 0.378. The predicted molar refractivity (Wildman–Crippen MR) is 67.7 cm³/mol. The molecule has 1 saturated heterocycles. The summed E-state index contributed by atoms with van der Waals surface area (Å²) >= 11 is 0. The van der Waals surface area contributed by atoms with E-state index in [2.05, 4.69) is 24.0 Å². The van der Waals surface area contributed by atoms with Crippen LogP contribution in [0.3, 0.4) is 0 Å². The lowest BCUT2D eigenvalue weighted by molar-refractivity contribution is 0.199. The molecular formula is C14H21NO. The fourth-order valence-electron chi connectivity index (χ4n) is 2.51. The zero-order valence-electron chi connectivity index (χ0n) is 10.2. The summed E-state index contributed by atoms with van der Waals surface area (Å²) in [6.07, 6.45) is 2.16. The number of rotatable bonds is 3. The lowest BCUT2D eigenvalue weighted by atomic mass is 10.1. The summed E-state index contributed by atoms with van der Waals surface area (Å²) in [5, 5.41) is 9.76. The topological polar surface area (TPSA) is 23.5 Å². The average Bonchev–Trinajstić information content (AvgIpc) is 2.77. The van der Waals surface area contributed by atoms with Gasteiger partial charge in [0, 0.05) is 24.3 Å². The van der Waals surface area contributed by atoms with Gasteiger partial charge in [-0.05, 0) is 25.3 Å². The van der Waals surface area contributed by atoms with Crippen molar-refractivity contribution < 1.29 is 5.11 Å². The van der Waals surface area contributed by atoms with Crippen LogP contribution in [0.4, 0.5) is 5.69 Å². The zero-order valence-corrected chi connectivity index (χ0v) is 10.2. The highest BCUT2D eigenvalue weighted by Gasteiger charge is 2.23. The minimum atomic E-state index is -0.378. The van der Waals surface area contributed by atoms with Crippen molar-refractivity contribution in [1.82, 2.24) is 0 Å². The van der Waals surface area contributed by atoms with E-state index in [0.29, 0.717) is 0 Å². The maximum atomic E-state index is 9.76. The molecule has 1 aromatic carbocycles. The Morgan fingerprint density at radius 1 is 1.44 bits per heavy atom. The Kier molecular flexibility index (Phi) is 3.49. The molecule has 1 fully saturated rings. The van der Waals surface area contributed by atoms with Gasteiger partial charge in [-0.1, -0.05) is 31.5 Å². The Hall–Kier alpha value is -1.02. The second-order valence-corrected chi connectivity index (χ2v) is 4.74. The highest BCUT2D eigenvalue weighted by Crippen LogP contribution is 2.31. The van der Waals surface area contributed by atoms with E-state index in [0.717, 1.165) is 24.6 Å². The van der Waals surface area contributed by atoms with Gasteiger partial charge in [0.15, 0.2) is 0 Å². The maximum absolute atomic E-state index is 9.76. The van der Waals surface area contributed by atoms with Gasteiger partial charge < -0.3 is 10.0 Å². The second-order valence-electron chi connectivity index (χ2n) is 4.74. The fraction of sp³-hybridized carbons (Fsp3) is 0.571. The third kappa shape index (κ3) is 2.22. The molecule has 0 spiro atoms. The predicted octanol–water partition coefficient (Wildman–Crippen LogP) is 2.98. The van der Waals surface area contributed by atoms with Crippen LogP contribution in [0.25, 0.3) is 0 Å².